The van der Waals surface area contributed by atoms with Crippen molar-refractivity contribution < 1.29 is 9.50 Å². The van der Waals surface area contributed by atoms with E-state index in [-0.39, 0.29) is 11.9 Å². The maximum absolute atomic E-state index is 13.7. The molecule has 17 heavy (non-hydrogen) atoms. The molecule has 1 nitrogen and oxygen atoms in total. The number of aliphatic hydroxyl groups is 1. The molecule has 0 spiro atoms. The van der Waals surface area contributed by atoms with Crippen molar-refractivity contribution in [2.45, 2.75) is 44.6 Å². The van der Waals surface area contributed by atoms with Gasteiger partial charge < -0.3 is 5.11 Å². The molecule has 1 aromatic carbocycles. The first-order valence-electron chi connectivity index (χ1n) is 6.27. The van der Waals surface area contributed by atoms with Gasteiger partial charge in [-0.3, -0.25) is 0 Å². The van der Waals surface area contributed by atoms with Crippen molar-refractivity contribution in [1.82, 2.24) is 0 Å². The zero-order valence-corrected chi connectivity index (χ0v) is 11.4. The smallest absolute Gasteiger partial charge is 0.127 e. The van der Waals surface area contributed by atoms with Crippen molar-refractivity contribution in [2.24, 2.45) is 5.92 Å². The Kier molecular flexibility index (Phi) is 4.57. The molecule has 0 amide bonds. The van der Waals surface area contributed by atoms with Crippen LogP contribution in [0, 0.1) is 11.7 Å². The largest absolute Gasteiger partial charge is 0.393 e. The van der Waals surface area contributed by atoms with E-state index in [1.807, 2.05) is 12.1 Å². The van der Waals surface area contributed by atoms with Crippen molar-refractivity contribution in [1.29, 1.82) is 0 Å². The van der Waals surface area contributed by atoms with E-state index in [0.29, 0.717) is 5.92 Å². The highest BCUT2D eigenvalue weighted by atomic mass is 79.9. The second-order valence-corrected chi connectivity index (χ2v) is 5.90. The molecule has 1 aliphatic carbocycles. The van der Waals surface area contributed by atoms with Gasteiger partial charge in [-0.25, -0.2) is 4.39 Å². The quantitative estimate of drug-likeness (QED) is 0.816. The molecule has 1 saturated carbocycles. The zero-order chi connectivity index (χ0) is 12.3. The van der Waals surface area contributed by atoms with Gasteiger partial charge in [0.05, 0.1) is 6.10 Å². The lowest BCUT2D eigenvalue weighted by Crippen LogP contribution is -2.13. The molecular formula is C14H18BrFO. The van der Waals surface area contributed by atoms with Crippen molar-refractivity contribution >= 4 is 15.9 Å². The molecule has 2 rings (SSSR count). The Labute approximate surface area is 110 Å². The Hall–Kier alpha value is -0.410. The summed E-state index contributed by atoms with van der Waals surface area (Å²) in [6.45, 7) is 0. The van der Waals surface area contributed by atoms with Crippen LogP contribution in [0.1, 0.15) is 37.7 Å². The molecule has 0 aromatic heterocycles. The van der Waals surface area contributed by atoms with Gasteiger partial charge in [-0.15, -0.1) is 0 Å². The van der Waals surface area contributed by atoms with Gasteiger partial charge in [-0.05, 0) is 42.9 Å². The van der Waals surface area contributed by atoms with Gasteiger partial charge in [0.2, 0.25) is 0 Å². The minimum Gasteiger partial charge on any atom is -0.393 e. The topological polar surface area (TPSA) is 20.2 Å². The molecule has 1 fully saturated rings. The molecule has 0 bridgehead atoms. The van der Waals surface area contributed by atoms with Crippen molar-refractivity contribution in [3.05, 3.63) is 34.1 Å². The highest BCUT2D eigenvalue weighted by Crippen LogP contribution is 2.27. The van der Waals surface area contributed by atoms with Gasteiger partial charge in [0.1, 0.15) is 5.82 Å². The maximum Gasteiger partial charge on any atom is 0.127 e. The number of hydrogen-bond acceptors (Lipinski definition) is 1. The highest BCUT2D eigenvalue weighted by molar-refractivity contribution is 9.10. The lowest BCUT2D eigenvalue weighted by molar-refractivity contribution is 0.141. The minimum atomic E-state index is -0.194. The molecule has 0 aliphatic heterocycles. The SMILES string of the molecule is OC1CCCCC(Cc2ccc(Br)cc2F)C1. The van der Waals surface area contributed by atoms with Crippen molar-refractivity contribution in [3.63, 3.8) is 0 Å². The second-order valence-electron chi connectivity index (χ2n) is 4.98. The van der Waals surface area contributed by atoms with Crippen LogP contribution in [-0.2, 0) is 6.42 Å². The summed E-state index contributed by atoms with van der Waals surface area (Å²) < 4.78 is 14.5. The number of hydrogen-bond donors (Lipinski definition) is 1. The summed E-state index contributed by atoms with van der Waals surface area (Å²) in [5.41, 5.74) is 0.771. The van der Waals surface area contributed by atoms with E-state index in [0.717, 1.165) is 48.6 Å². The molecule has 3 heteroatoms. The van der Waals surface area contributed by atoms with E-state index in [4.69, 9.17) is 0 Å². The standard InChI is InChI=1S/C14H18BrFO/c15-12-6-5-11(14(16)9-12)7-10-3-1-2-4-13(17)8-10/h5-6,9-10,13,17H,1-4,7-8H2. The lowest BCUT2D eigenvalue weighted by Gasteiger charge is -2.16. The van der Waals surface area contributed by atoms with Gasteiger partial charge in [0.25, 0.3) is 0 Å². The maximum atomic E-state index is 13.7. The van der Waals surface area contributed by atoms with Gasteiger partial charge in [-0.1, -0.05) is 41.3 Å². The molecule has 0 heterocycles. The van der Waals surface area contributed by atoms with Crippen LogP contribution in [0.2, 0.25) is 0 Å². The zero-order valence-electron chi connectivity index (χ0n) is 9.83. The summed E-state index contributed by atoms with van der Waals surface area (Å²) in [5.74, 6) is 0.279. The van der Waals surface area contributed by atoms with E-state index in [2.05, 4.69) is 15.9 Å². The van der Waals surface area contributed by atoms with E-state index in [1.165, 1.54) is 6.07 Å². The number of halogens is 2. The molecule has 1 aromatic rings. The van der Waals surface area contributed by atoms with Gasteiger partial charge in [0, 0.05) is 4.47 Å². The van der Waals surface area contributed by atoms with E-state index in [1.54, 1.807) is 0 Å². The van der Waals surface area contributed by atoms with Crippen LogP contribution in [0.3, 0.4) is 0 Å². The van der Waals surface area contributed by atoms with Crippen LogP contribution in [0.4, 0.5) is 4.39 Å². The van der Waals surface area contributed by atoms with E-state index < -0.39 is 0 Å². The van der Waals surface area contributed by atoms with Crippen molar-refractivity contribution in [2.75, 3.05) is 0 Å². The highest BCUT2D eigenvalue weighted by Gasteiger charge is 2.19. The molecule has 94 valence electrons. The van der Waals surface area contributed by atoms with Crippen molar-refractivity contribution in [3.8, 4) is 0 Å². The predicted octanol–water partition coefficient (Wildman–Crippen LogP) is 4.07. The summed E-state index contributed by atoms with van der Waals surface area (Å²) >= 11 is 3.26. The van der Waals surface area contributed by atoms with E-state index >= 15 is 0 Å². The molecule has 1 N–H and O–H groups in total. The molecule has 1 aliphatic rings. The molecule has 2 unspecified atom stereocenters. The minimum absolute atomic E-state index is 0.141. The molecule has 2 atom stereocenters. The summed E-state index contributed by atoms with van der Waals surface area (Å²) in [4.78, 5) is 0. The Morgan fingerprint density at radius 2 is 2.06 bits per heavy atom. The third-order valence-electron chi connectivity index (χ3n) is 3.53. The molecule has 0 saturated heterocycles. The fraction of sp³-hybridized carbons (Fsp3) is 0.571. The number of benzene rings is 1. The van der Waals surface area contributed by atoms with Crippen LogP contribution in [0.25, 0.3) is 0 Å². The first-order valence-corrected chi connectivity index (χ1v) is 7.06. The molecular weight excluding hydrogens is 283 g/mol. The third-order valence-corrected chi connectivity index (χ3v) is 4.02. The fourth-order valence-corrected chi connectivity index (χ4v) is 2.95. The second kappa shape index (κ2) is 5.96. The molecule has 0 radical (unpaired) electrons. The van der Waals surface area contributed by atoms with Crippen LogP contribution < -0.4 is 0 Å². The number of rotatable bonds is 2. The monoisotopic (exact) mass is 300 g/mol. The first kappa shape index (κ1) is 13.0. The normalized spacial score (nSPS) is 25.6. The fourth-order valence-electron chi connectivity index (χ4n) is 2.62. The van der Waals surface area contributed by atoms with Gasteiger partial charge >= 0.3 is 0 Å². The summed E-state index contributed by atoms with van der Waals surface area (Å²) in [6.07, 6.45) is 5.62. The Balaban J connectivity index is 2.03. The van der Waals surface area contributed by atoms with Crippen LogP contribution in [0.15, 0.2) is 22.7 Å². The first-order chi connectivity index (χ1) is 8.15. The summed E-state index contributed by atoms with van der Waals surface area (Å²) in [7, 11) is 0. The van der Waals surface area contributed by atoms with Crippen LogP contribution in [-0.4, -0.2) is 11.2 Å². The van der Waals surface area contributed by atoms with Gasteiger partial charge in [0.15, 0.2) is 0 Å². The Morgan fingerprint density at radius 3 is 2.82 bits per heavy atom. The number of aliphatic hydroxyl groups excluding tert-OH is 1. The van der Waals surface area contributed by atoms with Crippen LogP contribution in [0.5, 0.6) is 0 Å². The summed E-state index contributed by atoms with van der Waals surface area (Å²) in [5, 5.41) is 9.75. The Bertz CT molecular complexity index is 380. The van der Waals surface area contributed by atoms with Crippen LogP contribution >= 0.6 is 15.9 Å². The lowest BCUT2D eigenvalue weighted by atomic mass is 9.91. The van der Waals surface area contributed by atoms with Gasteiger partial charge in [-0.2, -0.15) is 0 Å². The third kappa shape index (κ3) is 3.78. The predicted molar refractivity (Wildman–Crippen MR) is 70.4 cm³/mol. The van der Waals surface area contributed by atoms with E-state index in [9.17, 15) is 9.50 Å². The average molecular weight is 301 g/mol. The average Bonchev–Trinajstić information content (AvgIpc) is 2.47. The summed E-state index contributed by atoms with van der Waals surface area (Å²) in [6, 6.07) is 5.24. The Morgan fingerprint density at radius 1 is 1.29 bits per heavy atom.